The predicted molar refractivity (Wildman–Crippen MR) is 55.1 cm³/mol. The van der Waals surface area contributed by atoms with Crippen LogP contribution in [0.1, 0.15) is 32.0 Å². The minimum atomic E-state index is 0.632. The molecule has 13 heavy (non-hydrogen) atoms. The van der Waals surface area contributed by atoms with E-state index in [0.29, 0.717) is 5.41 Å². The van der Waals surface area contributed by atoms with Crippen LogP contribution in [0.15, 0.2) is 0 Å². The zero-order chi connectivity index (χ0) is 9.31. The van der Waals surface area contributed by atoms with E-state index >= 15 is 0 Å². The van der Waals surface area contributed by atoms with E-state index in [0.717, 1.165) is 17.5 Å². The van der Waals surface area contributed by atoms with E-state index in [1.165, 1.54) is 30.8 Å². The van der Waals surface area contributed by atoms with Crippen LogP contribution in [0.2, 0.25) is 0 Å². The predicted octanol–water partition coefficient (Wildman–Crippen LogP) is 2.45. The summed E-state index contributed by atoms with van der Waals surface area (Å²) in [5, 5.41) is 4.27. The molecule has 1 aliphatic carbocycles. The van der Waals surface area contributed by atoms with Crippen LogP contribution in [-0.4, -0.2) is 15.9 Å². The summed E-state index contributed by atoms with van der Waals surface area (Å²) in [6.07, 6.45) is 4.04. The van der Waals surface area contributed by atoms with Crippen molar-refractivity contribution in [3.8, 4) is 0 Å². The highest BCUT2D eigenvalue weighted by Gasteiger charge is 2.36. The van der Waals surface area contributed by atoms with Crippen molar-refractivity contribution in [3.63, 3.8) is 0 Å². The highest BCUT2D eigenvalue weighted by atomic mass is 32.1. The summed E-state index contributed by atoms with van der Waals surface area (Å²) in [5.41, 5.74) is 0.632. The van der Waals surface area contributed by atoms with Gasteiger partial charge in [0, 0.05) is 18.1 Å². The maximum atomic E-state index is 4.25. The monoisotopic (exact) mass is 197 g/mol. The van der Waals surface area contributed by atoms with Gasteiger partial charge >= 0.3 is 0 Å². The lowest BCUT2D eigenvalue weighted by molar-refractivity contribution is 0.536. The van der Waals surface area contributed by atoms with E-state index in [-0.39, 0.29) is 0 Å². The Bertz CT molecular complexity index is 291. The average molecular weight is 197 g/mol. The van der Waals surface area contributed by atoms with Crippen molar-refractivity contribution in [2.24, 2.45) is 5.41 Å². The van der Waals surface area contributed by atoms with Gasteiger partial charge in [0.05, 0.1) is 0 Å². The molecule has 1 saturated carbocycles. The Kier molecular flexibility index (Phi) is 2.24. The van der Waals surface area contributed by atoms with Crippen molar-refractivity contribution in [3.05, 3.63) is 5.82 Å². The van der Waals surface area contributed by atoms with Gasteiger partial charge in [0.25, 0.3) is 0 Å². The van der Waals surface area contributed by atoms with Crippen LogP contribution in [0.4, 0.5) is 5.13 Å². The van der Waals surface area contributed by atoms with Crippen LogP contribution in [0.3, 0.4) is 0 Å². The number of anilines is 1. The van der Waals surface area contributed by atoms with Crippen LogP contribution in [0.25, 0.3) is 0 Å². The van der Waals surface area contributed by atoms with Crippen LogP contribution in [-0.2, 0) is 0 Å². The van der Waals surface area contributed by atoms with Gasteiger partial charge in [-0.15, -0.1) is 0 Å². The minimum absolute atomic E-state index is 0.632. The van der Waals surface area contributed by atoms with Gasteiger partial charge in [-0.1, -0.05) is 6.92 Å². The number of hydrogen-bond acceptors (Lipinski definition) is 4. The van der Waals surface area contributed by atoms with Crippen LogP contribution < -0.4 is 5.32 Å². The Morgan fingerprint density at radius 1 is 1.54 bits per heavy atom. The van der Waals surface area contributed by atoms with E-state index in [4.69, 9.17) is 0 Å². The molecule has 1 heterocycles. The molecule has 1 fully saturated rings. The molecular weight excluding hydrogens is 182 g/mol. The molecule has 1 aliphatic rings. The fourth-order valence-electron chi connectivity index (χ4n) is 1.30. The van der Waals surface area contributed by atoms with Crippen molar-refractivity contribution in [1.29, 1.82) is 0 Å². The second-order valence-electron chi connectivity index (χ2n) is 4.13. The molecule has 1 aromatic heterocycles. The normalized spacial score (nSPS) is 18.6. The van der Waals surface area contributed by atoms with Gasteiger partial charge in [-0.2, -0.15) is 4.37 Å². The molecule has 0 aromatic carbocycles. The van der Waals surface area contributed by atoms with Crippen molar-refractivity contribution in [1.82, 2.24) is 9.36 Å². The first-order valence-corrected chi connectivity index (χ1v) is 5.50. The van der Waals surface area contributed by atoms with Crippen LogP contribution in [0.5, 0.6) is 0 Å². The molecule has 72 valence electrons. The maximum Gasteiger partial charge on any atom is 0.202 e. The van der Waals surface area contributed by atoms with Gasteiger partial charge < -0.3 is 5.32 Å². The van der Waals surface area contributed by atoms with Gasteiger partial charge in [0.2, 0.25) is 5.13 Å². The van der Waals surface area contributed by atoms with E-state index in [9.17, 15) is 0 Å². The molecule has 4 heteroatoms. The lowest BCUT2D eigenvalue weighted by Gasteiger charge is -2.07. The molecule has 0 saturated heterocycles. The highest BCUT2D eigenvalue weighted by Crippen LogP contribution is 2.47. The smallest absolute Gasteiger partial charge is 0.202 e. The molecule has 0 amide bonds. The molecule has 3 nitrogen and oxygen atoms in total. The lowest BCUT2D eigenvalue weighted by Crippen LogP contribution is -2.06. The molecule has 1 aromatic rings. The first kappa shape index (κ1) is 8.94. The van der Waals surface area contributed by atoms with Gasteiger partial charge in [-0.05, 0) is 31.6 Å². The summed E-state index contributed by atoms with van der Waals surface area (Å²) in [4.78, 5) is 4.25. The lowest BCUT2D eigenvalue weighted by atomic mass is 10.1. The molecule has 0 spiro atoms. The molecule has 2 rings (SSSR count). The van der Waals surface area contributed by atoms with E-state index < -0.39 is 0 Å². The molecule has 0 unspecified atom stereocenters. The number of hydrogen-bond donors (Lipinski definition) is 1. The quantitative estimate of drug-likeness (QED) is 0.805. The van der Waals surface area contributed by atoms with Crippen molar-refractivity contribution >= 4 is 16.7 Å². The number of aromatic nitrogens is 2. The van der Waals surface area contributed by atoms with Crippen molar-refractivity contribution in [2.75, 3.05) is 11.9 Å². The SMILES string of the molecule is Cc1nsc(NCCC2(C)CC2)n1. The second kappa shape index (κ2) is 3.25. The zero-order valence-corrected chi connectivity index (χ0v) is 8.95. The molecule has 0 radical (unpaired) electrons. The Balaban J connectivity index is 1.73. The molecule has 1 N–H and O–H groups in total. The number of aryl methyl sites for hydroxylation is 1. The largest absolute Gasteiger partial charge is 0.360 e. The minimum Gasteiger partial charge on any atom is -0.360 e. The summed E-state index contributed by atoms with van der Waals surface area (Å²) in [5.74, 6) is 0.866. The van der Waals surface area contributed by atoms with Gasteiger partial charge in [-0.25, -0.2) is 4.98 Å². The summed E-state index contributed by atoms with van der Waals surface area (Å²) in [6, 6.07) is 0. The average Bonchev–Trinajstić information content (AvgIpc) is 2.65. The van der Waals surface area contributed by atoms with Crippen molar-refractivity contribution in [2.45, 2.75) is 33.1 Å². The van der Waals surface area contributed by atoms with Crippen LogP contribution in [0, 0.1) is 12.3 Å². The Morgan fingerprint density at radius 3 is 2.85 bits per heavy atom. The Labute approximate surface area is 82.8 Å². The fourth-order valence-corrected chi connectivity index (χ4v) is 1.90. The zero-order valence-electron chi connectivity index (χ0n) is 8.13. The fraction of sp³-hybridized carbons (Fsp3) is 0.778. The third kappa shape index (κ3) is 2.40. The third-order valence-electron chi connectivity index (χ3n) is 2.64. The number of nitrogens with zero attached hydrogens (tertiary/aromatic N) is 2. The van der Waals surface area contributed by atoms with Gasteiger partial charge in [-0.3, -0.25) is 0 Å². The molecule has 0 aliphatic heterocycles. The number of nitrogens with one attached hydrogen (secondary N) is 1. The standard InChI is InChI=1S/C9H15N3S/c1-7-11-8(13-12-7)10-6-5-9(2)3-4-9/h3-6H2,1-2H3,(H,10,11,12). The Morgan fingerprint density at radius 2 is 2.31 bits per heavy atom. The summed E-state index contributed by atoms with van der Waals surface area (Å²) < 4.78 is 4.12. The topological polar surface area (TPSA) is 37.8 Å². The summed E-state index contributed by atoms with van der Waals surface area (Å²) >= 11 is 1.45. The van der Waals surface area contributed by atoms with Gasteiger partial charge in [0.1, 0.15) is 5.82 Å². The third-order valence-corrected chi connectivity index (χ3v) is 3.40. The summed E-state index contributed by atoms with van der Waals surface area (Å²) in [6.45, 7) is 5.30. The molecule has 0 atom stereocenters. The summed E-state index contributed by atoms with van der Waals surface area (Å²) in [7, 11) is 0. The molecular formula is C9H15N3S. The second-order valence-corrected chi connectivity index (χ2v) is 4.89. The van der Waals surface area contributed by atoms with Crippen LogP contribution >= 0.6 is 11.5 Å². The van der Waals surface area contributed by atoms with E-state index in [1.807, 2.05) is 6.92 Å². The first-order valence-electron chi connectivity index (χ1n) is 4.72. The van der Waals surface area contributed by atoms with E-state index in [1.54, 1.807) is 0 Å². The van der Waals surface area contributed by atoms with Gasteiger partial charge in [0.15, 0.2) is 0 Å². The molecule has 0 bridgehead atoms. The van der Waals surface area contributed by atoms with E-state index in [2.05, 4.69) is 21.6 Å². The Hall–Kier alpha value is -0.640. The van der Waals surface area contributed by atoms with Crippen molar-refractivity contribution < 1.29 is 0 Å². The maximum absolute atomic E-state index is 4.25. The number of rotatable bonds is 4. The first-order chi connectivity index (χ1) is 6.18. The highest BCUT2D eigenvalue weighted by molar-refractivity contribution is 7.09.